The van der Waals surface area contributed by atoms with Crippen molar-refractivity contribution in [2.75, 3.05) is 13.1 Å². The third-order valence-electron chi connectivity index (χ3n) is 5.28. The molecule has 0 bridgehead atoms. The lowest BCUT2D eigenvalue weighted by molar-refractivity contribution is 0.0980. The van der Waals surface area contributed by atoms with E-state index in [0.717, 1.165) is 25.0 Å². The Bertz CT molecular complexity index is 422. The predicted molar refractivity (Wildman–Crippen MR) is 87.3 cm³/mol. The molecule has 0 spiro atoms. The Kier molecular flexibility index (Phi) is 4.79. The van der Waals surface area contributed by atoms with E-state index in [-0.39, 0.29) is 0 Å². The van der Waals surface area contributed by atoms with Crippen LogP contribution in [0.3, 0.4) is 0 Å². The first-order valence-electron chi connectivity index (χ1n) is 8.23. The summed E-state index contributed by atoms with van der Waals surface area (Å²) in [5.74, 6) is 0.919. The first-order chi connectivity index (χ1) is 9.74. The number of rotatable bonds is 3. The van der Waals surface area contributed by atoms with Gasteiger partial charge in [0.25, 0.3) is 0 Å². The molecule has 1 aliphatic heterocycles. The smallest absolute Gasteiger partial charge is 0.0248 e. The highest BCUT2D eigenvalue weighted by atomic mass is 32.1. The molecule has 112 valence electrons. The van der Waals surface area contributed by atoms with Gasteiger partial charge in [-0.3, -0.25) is 4.90 Å². The van der Waals surface area contributed by atoms with Crippen molar-refractivity contribution >= 4 is 11.3 Å². The second-order valence-electron chi connectivity index (χ2n) is 6.77. The molecule has 1 aromatic rings. The Labute approximate surface area is 127 Å². The molecule has 3 rings (SSSR count). The van der Waals surface area contributed by atoms with Gasteiger partial charge in [-0.1, -0.05) is 19.3 Å². The van der Waals surface area contributed by atoms with Crippen LogP contribution in [0, 0.1) is 12.8 Å². The van der Waals surface area contributed by atoms with Gasteiger partial charge in [-0.05, 0) is 54.5 Å². The van der Waals surface area contributed by atoms with Crippen LogP contribution in [-0.4, -0.2) is 30.1 Å². The molecular formula is C17H28N2S. The maximum Gasteiger partial charge on any atom is 0.0248 e. The van der Waals surface area contributed by atoms with E-state index in [2.05, 4.69) is 34.8 Å². The molecule has 2 nitrogen and oxygen atoms in total. The molecular weight excluding hydrogens is 264 g/mol. The van der Waals surface area contributed by atoms with E-state index in [9.17, 15) is 0 Å². The fourth-order valence-electron chi connectivity index (χ4n) is 3.79. The van der Waals surface area contributed by atoms with Crippen molar-refractivity contribution in [3.05, 3.63) is 21.9 Å². The summed E-state index contributed by atoms with van der Waals surface area (Å²) in [6.45, 7) is 8.15. The van der Waals surface area contributed by atoms with Crippen LogP contribution in [0.2, 0.25) is 0 Å². The van der Waals surface area contributed by atoms with Crippen molar-refractivity contribution in [1.82, 2.24) is 10.2 Å². The lowest BCUT2D eigenvalue weighted by Gasteiger charge is -2.43. The van der Waals surface area contributed by atoms with Crippen LogP contribution in [0.5, 0.6) is 0 Å². The minimum Gasteiger partial charge on any atom is -0.311 e. The van der Waals surface area contributed by atoms with E-state index < -0.39 is 0 Å². The zero-order valence-electron chi connectivity index (χ0n) is 12.9. The van der Waals surface area contributed by atoms with Crippen LogP contribution in [0.15, 0.2) is 10.8 Å². The second kappa shape index (κ2) is 6.59. The van der Waals surface area contributed by atoms with Gasteiger partial charge in [-0.15, -0.1) is 0 Å². The van der Waals surface area contributed by atoms with Crippen LogP contribution in [0.4, 0.5) is 0 Å². The standard InChI is InChI=1S/C17H28N2S/c1-13-11-20-12-16(13)9-19-10-17(18-8-14(19)2)15-6-4-3-5-7-15/h11-12,14-15,17-18H,3-10H2,1-2H3. The SMILES string of the molecule is Cc1cscc1CN1CC(C2CCCCC2)NCC1C. The minimum absolute atomic E-state index is 0.661. The van der Waals surface area contributed by atoms with Crippen LogP contribution >= 0.6 is 11.3 Å². The second-order valence-corrected chi connectivity index (χ2v) is 7.51. The molecule has 0 aromatic carbocycles. The van der Waals surface area contributed by atoms with Crippen LogP contribution < -0.4 is 5.32 Å². The first kappa shape index (κ1) is 14.6. The fourth-order valence-corrected chi connectivity index (χ4v) is 4.64. The molecule has 2 atom stereocenters. The molecule has 2 unspecified atom stereocenters. The molecule has 1 N–H and O–H groups in total. The fraction of sp³-hybridized carbons (Fsp3) is 0.765. The highest BCUT2D eigenvalue weighted by Gasteiger charge is 2.31. The number of hydrogen-bond donors (Lipinski definition) is 1. The van der Waals surface area contributed by atoms with E-state index in [1.54, 1.807) is 0 Å². The monoisotopic (exact) mass is 292 g/mol. The number of piperazine rings is 1. The van der Waals surface area contributed by atoms with Gasteiger partial charge < -0.3 is 5.32 Å². The van der Waals surface area contributed by atoms with E-state index >= 15 is 0 Å². The largest absolute Gasteiger partial charge is 0.311 e. The highest BCUT2D eigenvalue weighted by molar-refractivity contribution is 7.08. The van der Waals surface area contributed by atoms with E-state index in [1.165, 1.54) is 49.8 Å². The van der Waals surface area contributed by atoms with Gasteiger partial charge in [-0.2, -0.15) is 11.3 Å². The van der Waals surface area contributed by atoms with E-state index in [4.69, 9.17) is 0 Å². The third kappa shape index (κ3) is 3.26. The summed E-state index contributed by atoms with van der Waals surface area (Å²) >= 11 is 1.84. The minimum atomic E-state index is 0.661. The maximum atomic E-state index is 3.82. The van der Waals surface area contributed by atoms with Crippen molar-refractivity contribution in [3.63, 3.8) is 0 Å². The van der Waals surface area contributed by atoms with Gasteiger partial charge in [0.2, 0.25) is 0 Å². The zero-order valence-corrected chi connectivity index (χ0v) is 13.7. The number of nitrogens with zero attached hydrogens (tertiary/aromatic N) is 1. The first-order valence-corrected chi connectivity index (χ1v) is 9.17. The van der Waals surface area contributed by atoms with Gasteiger partial charge in [0.05, 0.1) is 0 Å². The van der Waals surface area contributed by atoms with Gasteiger partial charge >= 0.3 is 0 Å². The third-order valence-corrected chi connectivity index (χ3v) is 6.19. The van der Waals surface area contributed by atoms with Gasteiger partial charge in [0, 0.05) is 31.7 Å². The van der Waals surface area contributed by atoms with Gasteiger partial charge in [0.15, 0.2) is 0 Å². The lowest BCUT2D eigenvalue weighted by Crippen LogP contribution is -2.57. The molecule has 2 aliphatic rings. The normalized spacial score (nSPS) is 29.7. The quantitative estimate of drug-likeness (QED) is 0.911. The number of thiophene rings is 1. The van der Waals surface area contributed by atoms with Crippen LogP contribution in [-0.2, 0) is 6.54 Å². The summed E-state index contributed by atoms with van der Waals surface area (Å²) in [7, 11) is 0. The highest BCUT2D eigenvalue weighted by Crippen LogP contribution is 2.29. The maximum absolute atomic E-state index is 3.82. The summed E-state index contributed by atoms with van der Waals surface area (Å²) in [4.78, 5) is 2.70. The number of hydrogen-bond acceptors (Lipinski definition) is 3. The Morgan fingerprint density at radius 2 is 2.05 bits per heavy atom. The van der Waals surface area contributed by atoms with Gasteiger partial charge in [0.1, 0.15) is 0 Å². The van der Waals surface area contributed by atoms with Crippen LogP contribution in [0.25, 0.3) is 0 Å². The Balaban J connectivity index is 1.62. The van der Waals surface area contributed by atoms with Crippen molar-refractivity contribution in [2.24, 2.45) is 5.92 Å². The van der Waals surface area contributed by atoms with Crippen molar-refractivity contribution in [1.29, 1.82) is 0 Å². The van der Waals surface area contributed by atoms with Gasteiger partial charge in [-0.25, -0.2) is 0 Å². The number of aryl methyl sites for hydroxylation is 1. The van der Waals surface area contributed by atoms with E-state index in [0.29, 0.717) is 6.04 Å². The molecule has 20 heavy (non-hydrogen) atoms. The summed E-state index contributed by atoms with van der Waals surface area (Å²) < 4.78 is 0. The molecule has 1 aliphatic carbocycles. The van der Waals surface area contributed by atoms with Crippen molar-refractivity contribution in [2.45, 2.75) is 64.6 Å². The molecule has 0 radical (unpaired) electrons. The molecule has 1 saturated heterocycles. The average molecular weight is 292 g/mol. The van der Waals surface area contributed by atoms with Crippen LogP contribution in [0.1, 0.15) is 50.2 Å². The summed E-state index contributed by atoms with van der Waals surface area (Å²) in [6, 6.07) is 1.39. The van der Waals surface area contributed by atoms with Crippen molar-refractivity contribution < 1.29 is 0 Å². The summed E-state index contributed by atoms with van der Waals surface area (Å²) in [6.07, 6.45) is 7.23. The number of nitrogens with one attached hydrogen (secondary N) is 1. The Morgan fingerprint density at radius 1 is 1.25 bits per heavy atom. The Hall–Kier alpha value is -0.380. The molecule has 1 saturated carbocycles. The zero-order chi connectivity index (χ0) is 13.9. The average Bonchev–Trinajstić information content (AvgIpc) is 2.88. The molecule has 2 fully saturated rings. The van der Waals surface area contributed by atoms with Crippen molar-refractivity contribution in [3.8, 4) is 0 Å². The summed E-state index contributed by atoms with van der Waals surface area (Å²) in [5.41, 5.74) is 3.00. The molecule has 0 amide bonds. The molecule has 2 heterocycles. The molecule has 3 heteroatoms. The molecule has 1 aromatic heterocycles. The topological polar surface area (TPSA) is 15.3 Å². The predicted octanol–water partition coefficient (Wildman–Crippen LogP) is 3.80. The lowest BCUT2D eigenvalue weighted by atomic mass is 9.82. The van der Waals surface area contributed by atoms with E-state index in [1.807, 2.05) is 11.3 Å². The summed E-state index contributed by atoms with van der Waals surface area (Å²) in [5, 5.41) is 8.44. The Morgan fingerprint density at radius 3 is 2.75 bits per heavy atom.